The molecular weight excluding hydrogens is 218 g/mol. The number of hydrogen-bond acceptors (Lipinski definition) is 3. The first-order valence-electron chi connectivity index (χ1n) is 4.72. The minimum Gasteiger partial charge on any atom is -0.346 e. The summed E-state index contributed by atoms with van der Waals surface area (Å²) < 4.78 is 27.0. The van der Waals surface area contributed by atoms with E-state index in [1.807, 2.05) is 0 Å². The molecule has 3 N–H and O–H groups in total. The number of carbonyl (C=O) groups is 1. The van der Waals surface area contributed by atoms with Gasteiger partial charge in [0.1, 0.15) is 0 Å². The van der Waals surface area contributed by atoms with Crippen LogP contribution in [0.5, 0.6) is 0 Å². The molecule has 0 unspecified atom stereocenters. The number of nitrogens with two attached hydrogens (primary N) is 1. The van der Waals surface area contributed by atoms with Crippen LogP contribution in [0.4, 0.5) is 8.78 Å². The maximum atomic E-state index is 12.8. The van der Waals surface area contributed by atoms with Crippen molar-refractivity contribution in [3.8, 4) is 0 Å². The molecule has 0 bridgehead atoms. The Labute approximate surface area is 91.6 Å². The summed E-state index contributed by atoms with van der Waals surface area (Å²) >= 11 is 0. The highest BCUT2D eigenvalue weighted by atomic mass is 19.3. The maximum absolute atomic E-state index is 12.8. The zero-order valence-corrected chi connectivity index (χ0v) is 9.13. The molecule has 0 aromatic carbocycles. The Balaban J connectivity index is 2.63. The van der Waals surface area contributed by atoms with Crippen LogP contribution in [0.1, 0.15) is 16.1 Å². The van der Waals surface area contributed by atoms with Crippen molar-refractivity contribution in [1.29, 1.82) is 0 Å². The third kappa shape index (κ3) is 2.99. The van der Waals surface area contributed by atoms with Crippen molar-refractivity contribution < 1.29 is 13.6 Å². The first kappa shape index (κ1) is 12.6. The van der Waals surface area contributed by atoms with Crippen molar-refractivity contribution in [1.82, 2.24) is 15.1 Å². The lowest BCUT2D eigenvalue weighted by Gasteiger charge is -2.14. The number of aryl methyl sites for hydroxylation is 2. The number of halogens is 2. The Morgan fingerprint density at radius 2 is 2.31 bits per heavy atom. The van der Waals surface area contributed by atoms with E-state index in [1.54, 1.807) is 14.0 Å². The Hall–Kier alpha value is -1.50. The number of amides is 1. The van der Waals surface area contributed by atoms with Crippen molar-refractivity contribution >= 4 is 5.91 Å². The van der Waals surface area contributed by atoms with E-state index in [4.69, 9.17) is 5.73 Å². The Morgan fingerprint density at radius 3 is 2.75 bits per heavy atom. The summed E-state index contributed by atoms with van der Waals surface area (Å²) in [6.07, 6.45) is 1.48. The van der Waals surface area contributed by atoms with Crippen molar-refractivity contribution in [3.63, 3.8) is 0 Å². The van der Waals surface area contributed by atoms with Crippen LogP contribution in [0.2, 0.25) is 0 Å². The lowest BCUT2D eigenvalue weighted by Crippen LogP contribution is -2.41. The molecule has 0 atom stereocenters. The highest BCUT2D eigenvalue weighted by molar-refractivity contribution is 5.95. The van der Waals surface area contributed by atoms with E-state index in [0.717, 1.165) is 0 Å². The smallest absolute Gasteiger partial charge is 0.277 e. The minimum absolute atomic E-state index is 0.287. The van der Waals surface area contributed by atoms with Gasteiger partial charge in [-0.25, -0.2) is 8.78 Å². The van der Waals surface area contributed by atoms with Gasteiger partial charge in [0.2, 0.25) is 0 Å². The lowest BCUT2D eigenvalue weighted by molar-refractivity contribution is 0.0118. The molecular formula is C9H14F2N4O. The van der Waals surface area contributed by atoms with Gasteiger partial charge in [-0.2, -0.15) is 5.10 Å². The third-order valence-corrected chi connectivity index (χ3v) is 2.06. The summed E-state index contributed by atoms with van der Waals surface area (Å²) in [5.41, 5.74) is 5.63. The van der Waals surface area contributed by atoms with Crippen LogP contribution in [0, 0.1) is 6.92 Å². The molecule has 1 aromatic heterocycles. The van der Waals surface area contributed by atoms with Crippen LogP contribution < -0.4 is 11.1 Å². The summed E-state index contributed by atoms with van der Waals surface area (Å²) in [7, 11) is 1.65. The van der Waals surface area contributed by atoms with Gasteiger partial charge in [0.05, 0.1) is 24.3 Å². The van der Waals surface area contributed by atoms with Gasteiger partial charge >= 0.3 is 0 Å². The first-order valence-corrected chi connectivity index (χ1v) is 4.72. The van der Waals surface area contributed by atoms with Crippen LogP contribution in [0.3, 0.4) is 0 Å². The predicted octanol–water partition coefficient (Wildman–Crippen LogP) is 0.0523. The van der Waals surface area contributed by atoms with Crippen LogP contribution >= 0.6 is 0 Å². The van der Waals surface area contributed by atoms with E-state index in [-0.39, 0.29) is 5.56 Å². The Morgan fingerprint density at radius 1 is 1.69 bits per heavy atom. The average molecular weight is 232 g/mol. The average Bonchev–Trinajstić information content (AvgIpc) is 2.54. The van der Waals surface area contributed by atoms with Gasteiger partial charge in [-0.05, 0) is 6.92 Å². The van der Waals surface area contributed by atoms with Gasteiger partial charge < -0.3 is 11.1 Å². The molecule has 1 heterocycles. The Kier molecular flexibility index (Phi) is 3.58. The standard InChI is InChI=1S/C9H14F2N4O/c1-6-7(3-15(2)14-6)8(16)13-5-9(10,11)4-12/h3H,4-5,12H2,1-2H3,(H,13,16). The lowest BCUT2D eigenvalue weighted by atomic mass is 10.2. The van der Waals surface area contributed by atoms with Crippen LogP contribution in [-0.2, 0) is 7.05 Å². The Bertz CT molecular complexity index is 389. The fourth-order valence-corrected chi connectivity index (χ4v) is 1.20. The van der Waals surface area contributed by atoms with Gasteiger partial charge in [-0.3, -0.25) is 9.48 Å². The molecule has 16 heavy (non-hydrogen) atoms. The number of nitrogens with zero attached hydrogens (tertiary/aromatic N) is 2. The van der Waals surface area contributed by atoms with Crippen molar-refractivity contribution in [2.75, 3.05) is 13.1 Å². The quantitative estimate of drug-likeness (QED) is 0.770. The number of rotatable bonds is 4. The fourth-order valence-electron chi connectivity index (χ4n) is 1.20. The molecule has 0 spiro atoms. The van der Waals surface area contributed by atoms with E-state index in [2.05, 4.69) is 10.4 Å². The third-order valence-electron chi connectivity index (χ3n) is 2.06. The summed E-state index contributed by atoms with van der Waals surface area (Å²) in [6.45, 7) is 0.0754. The number of alkyl halides is 2. The number of nitrogens with one attached hydrogen (secondary N) is 1. The molecule has 1 amide bonds. The second kappa shape index (κ2) is 4.56. The molecule has 0 saturated heterocycles. The SMILES string of the molecule is Cc1nn(C)cc1C(=O)NCC(F)(F)CN. The summed E-state index contributed by atoms with van der Waals surface area (Å²) in [6, 6.07) is 0. The largest absolute Gasteiger partial charge is 0.346 e. The summed E-state index contributed by atoms with van der Waals surface area (Å²) in [4.78, 5) is 11.5. The molecule has 90 valence electrons. The predicted molar refractivity (Wildman–Crippen MR) is 54.3 cm³/mol. The summed E-state index contributed by atoms with van der Waals surface area (Å²) in [5, 5.41) is 6.06. The molecule has 0 radical (unpaired) electrons. The van der Waals surface area contributed by atoms with E-state index in [1.165, 1.54) is 10.9 Å². The van der Waals surface area contributed by atoms with E-state index >= 15 is 0 Å². The zero-order chi connectivity index (χ0) is 12.3. The van der Waals surface area contributed by atoms with Crippen LogP contribution in [0.15, 0.2) is 6.20 Å². The minimum atomic E-state index is -3.08. The van der Waals surface area contributed by atoms with Gasteiger partial charge in [-0.1, -0.05) is 0 Å². The number of aromatic nitrogens is 2. The normalized spacial score (nSPS) is 11.6. The van der Waals surface area contributed by atoms with Crippen molar-refractivity contribution in [2.45, 2.75) is 12.8 Å². The molecule has 0 aliphatic heterocycles. The van der Waals surface area contributed by atoms with Gasteiger partial charge in [-0.15, -0.1) is 0 Å². The highest BCUT2D eigenvalue weighted by Crippen LogP contribution is 2.10. The molecule has 0 fully saturated rings. The summed E-state index contributed by atoms with van der Waals surface area (Å²) in [5.74, 6) is -3.65. The first-order chi connectivity index (χ1) is 7.35. The van der Waals surface area contributed by atoms with E-state index < -0.39 is 24.9 Å². The topological polar surface area (TPSA) is 72.9 Å². The van der Waals surface area contributed by atoms with Crippen molar-refractivity contribution in [2.24, 2.45) is 12.8 Å². The molecule has 1 rings (SSSR count). The van der Waals surface area contributed by atoms with Gasteiger partial charge in [0.15, 0.2) is 0 Å². The molecule has 0 aliphatic rings. The van der Waals surface area contributed by atoms with Gasteiger partial charge in [0, 0.05) is 13.2 Å². The van der Waals surface area contributed by atoms with Crippen molar-refractivity contribution in [3.05, 3.63) is 17.5 Å². The molecule has 7 heteroatoms. The molecule has 0 aliphatic carbocycles. The van der Waals surface area contributed by atoms with Crippen LogP contribution in [0.25, 0.3) is 0 Å². The van der Waals surface area contributed by atoms with Gasteiger partial charge in [0.25, 0.3) is 11.8 Å². The molecule has 1 aromatic rings. The maximum Gasteiger partial charge on any atom is 0.277 e. The second-order valence-electron chi connectivity index (χ2n) is 3.54. The van der Waals surface area contributed by atoms with E-state index in [0.29, 0.717) is 5.69 Å². The zero-order valence-electron chi connectivity index (χ0n) is 9.13. The number of hydrogen-bond donors (Lipinski definition) is 2. The monoisotopic (exact) mass is 232 g/mol. The second-order valence-corrected chi connectivity index (χ2v) is 3.54. The van der Waals surface area contributed by atoms with E-state index in [9.17, 15) is 13.6 Å². The highest BCUT2D eigenvalue weighted by Gasteiger charge is 2.27. The fraction of sp³-hybridized carbons (Fsp3) is 0.556. The van der Waals surface area contributed by atoms with Crippen LogP contribution in [-0.4, -0.2) is 34.7 Å². The molecule has 0 saturated carbocycles. The molecule has 5 nitrogen and oxygen atoms in total. The number of carbonyl (C=O) groups excluding carboxylic acids is 1.